The molecule has 0 radical (unpaired) electrons. The summed E-state index contributed by atoms with van der Waals surface area (Å²) in [6.07, 6.45) is 6.41. The van der Waals surface area contributed by atoms with E-state index in [0.29, 0.717) is 17.7 Å². The fraction of sp³-hybridized carbons (Fsp3) is 0.765. The summed E-state index contributed by atoms with van der Waals surface area (Å²) >= 11 is 0. The Labute approximate surface area is 256 Å². The normalized spacial score (nSPS) is 30.2. The number of likely N-dealkylation sites (tertiary alicyclic amines) is 1. The summed E-state index contributed by atoms with van der Waals surface area (Å²) in [5.41, 5.74) is 0.741. The summed E-state index contributed by atoms with van der Waals surface area (Å²) in [5.74, 6) is 1.91. The van der Waals surface area contributed by atoms with Gasteiger partial charge in [0, 0.05) is 47.7 Å². The molecule has 2 aliphatic heterocycles. The highest BCUT2D eigenvalue weighted by Crippen LogP contribution is 2.65. The quantitative estimate of drug-likeness (QED) is 0.393. The Bertz CT molecular complexity index is 1260. The van der Waals surface area contributed by atoms with E-state index < -0.39 is 17.2 Å². The van der Waals surface area contributed by atoms with Gasteiger partial charge in [0.2, 0.25) is 0 Å². The number of ether oxygens (including phenoxy) is 4. The van der Waals surface area contributed by atoms with Crippen LogP contribution in [-0.4, -0.2) is 77.6 Å². The summed E-state index contributed by atoms with van der Waals surface area (Å²) in [5, 5.41) is 14.8. The molecule has 1 spiro atoms. The number of nitrogens with one attached hydrogen (secondary N) is 1. The lowest BCUT2D eigenvalue weighted by Gasteiger charge is -2.60. The Kier molecular flexibility index (Phi) is 7.68. The number of esters is 2. The van der Waals surface area contributed by atoms with Crippen LogP contribution < -0.4 is 14.8 Å². The molecule has 2 heterocycles. The summed E-state index contributed by atoms with van der Waals surface area (Å²) < 4.78 is 24.0. The molecule has 1 saturated heterocycles. The van der Waals surface area contributed by atoms with Crippen molar-refractivity contribution in [3.05, 3.63) is 17.2 Å². The molecule has 2 bridgehead atoms. The van der Waals surface area contributed by atoms with Crippen LogP contribution in [0.15, 0.2) is 6.07 Å². The van der Waals surface area contributed by atoms with Crippen LogP contribution in [0.3, 0.4) is 0 Å². The first-order chi connectivity index (χ1) is 20.2. The molecule has 0 unspecified atom stereocenters. The van der Waals surface area contributed by atoms with Crippen molar-refractivity contribution < 1.29 is 33.6 Å². The zero-order valence-corrected chi connectivity index (χ0v) is 27.0. The van der Waals surface area contributed by atoms with Gasteiger partial charge in [0.15, 0.2) is 11.5 Å². The number of phenolic OH excluding ortho intramolecular Hbond substituents is 1. The van der Waals surface area contributed by atoms with Gasteiger partial charge in [-0.05, 0) is 105 Å². The highest BCUT2D eigenvalue weighted by atomic mass is 16.6. The van der Waals surface area contributed by atoms with Gasteiger partial charge in [0.25, 0.3) is 0 Å². The van der Waals surface area contributed by atoms with Gasteiger partial charge in [-0.15, -0.1) is 0 Å². The van der Waals surface area contributed by atoms with Crippen molar-refractivity contribution in [3.8, 4) is 17.2 Å². The predicted molar refractivity (Wildman–Crippen MR) is 162 cm³/mol. The second-order valence-corrected chi connectivity index (χ2v) is 15.5. The first-order valence-corrected chi connectivity index (χ1v) is 16.2. The zero-order chi connectivity index (χ0) is 30.9. The Hall–Kier alpha value is -2.52. The fourth-order valence-electron chi connectivity index (χ4n) is 8.44. The molecule has 1 aromatic carbocycles. The van der Waals surface area contributed by atoms with E-state index in [2.05, 4.69) is 10.2 Å². The van der Waals surface area contributed by atoms with E-state index in [1.165, 1.54) is 12.8 Å². The van der Waals surface area contributed by atoms with Gasteiger partial charge in [-0.3, -0.25) is 19.8 Å². The van der Waals surface area contributed by atoms with Crippen LogP contribution in [0.25, 0.3) is 0 Å². The molecular formula is C34H50N2O7. The van der Waals surface area contributed by atoms with Crippen molar-refractivity contribution in [2.75, 3.05) is 20.2 Å². The van der Waals surface area contributed by atoms with E-state index in [1.54, 1.807) is 13.2 Å². The summed E-state index contributed by atoms with van der Waals surface area (Å²) in [4.78, 5) is 28.9. The number of carbonyl (C=O) groups excluding carboxylic acids is 2. The number of methoxy groups -OCH3 is 1. The van der Waals surface area contributed by atoms with Crippen molar-refractivity contribution in [2.45, 2.75) is 134 Å². The predicted octanol–water partition coefficient (Wildman–Crippen LogP) is 4.64. The second kappa shape index (κ2) is 10.8. The number of rotatable bonds is 9. The molecule has 6 atom stereocenters. The number of benzene rings is 1. The lowest BCUT2D eigenvalue weighted by atomic mass is 9.51. The first kappa shape index (κ1) is 30.5. The van der Waals surface area contributed by atoms with E-state index in [4.69, 9.17) is 18.9 Å². The first-order valence-electron chi connectivity index (χ1n) is 16.2. The van der Waals surface area contributed by atoms with Gasteiger partial charge in [0.05, 0.1) is 7.11 Å². The molecule has 43 heavy (non-hydrogen) atoms. The molecule has 6 rings (SSSR count). The molecule has 1 aromatic rings. The topological polar surface area (TPSA) is 107 Å². The largest absolute Gasteiger partial charge is 0.504 e. The van der Waals surface area contributed by atoms with Crippen molar-refractivity contribution >= 4 is 11.9 Å². The second-order valence-electron chi connectivity index (χ2n) is 15.5. The van der Waals surface area contributed by atoms with Crippen molar-refractivity contribution in [1.82, 2.24) is 10.2 Å². The molecule has 3 aliphatic carbocycles. The van der Waals surface area contributed by atoms with Crippen LogP contribution in [0.4, 0.5) is 0 Å². The van der Waals surface area contributed by atoms with Gasteiger partial charge in [-0.1, -0.05) is 0 Å². The lowest BCUT2D eigenvalue weighted by molar-refractivity contribution is -0.159. The summed E-state index contributed by atoms with van der Waals surface area (Å²) in [6, 6.07) is 1.24. The minimum atomic E-state index is -0.700. The lowest BCUT2D eigenvalue weighted by Crippen LogP contribution is -2.69. The SMILES string of the molecule is COc1cc(O)c2c3c1C[C@@H]1[C@@H]4CC[C@H](N[C@@H](CCC(=O)OC(C)(C)C)C(=O)OC(C)(C)C)[C@H](O2)[C@]34CCN1CC1CC1. The standard InChI is InChI=1S/C34H50N2O7/c1-32(2,3)42-27(38)13-12-23(31(39)43-33(4,5)6)35-22-11-10-21-24-16-20-26(40-7)17-25(37)29-28(20)34(21,30(22)41-29)14-15-36(24)18-19-8-9-19/h17,19,21-24,30,35,37H,8-16,18H2,1-7H3/t21-,22-,23-,24+,30-,34-/m0/s1. The van der Waals surface area contributed by atoms with E-state index in [-0.39, 0.29) is 48.1 Å². The van der Waals surface area contributed by atoms with Crippen LogP contribution in [0.2, 0.25) is 0 Å². The number of carbonyl (C=O) groups is 2. The Morgan fingerprint density at radius 1 is 1.12 bits per heavy atom. The molecule has 9 heteroatoms. The van der Waals surface area contributed by atoms with Crippen LogP contribution in [-0.2, 0) is 30.9 Å². The molecule has 2 saturated carbocycles. The maximum atomic E-state index is 13.5. The highest BCUT2D eigenvalue weighted by Gasteiger charge is 2.66. The third-order valence-corrected chi connectivity index (χ3v) is 10.1. The minimum Gasteiger partial charge on any atom is -0.504 e. The Morgan fingerprint density at radius 3 is 2.49 bits per heavy atom. The van der Waals surface area contributed by atoms with Crippen LogP contribution >= 0.6 is 0 Å². The van der Waals surface area contributed by atoms with Crippen molar-refractivity contribution in [3.63, 3.8) is 0 Å². The van der Waals surface area contributed by atoms with Gasteiger partial charge < -0.3 is 24.1 Å². The molecule has 5 aliphatic rings. The number of hydrogen-bond donors (Lipinski definition) is 2. The maximum absolute atomic E-state index is 13.5. The summed E-state index contributed by atoms with van der Waals surface area (Å²) in [7, 11) is 1.67. The van der Waals surface area contributed by atoms with Crippen LogP contribution in [0, 0.1) is 11.8 Å². The smallest absolute Gasteiger partial charge is 0.323 e. The zero-order valence-electron chi connectivity index (χ0n) is 27.0. The highest BCUT2D eigenvalue weighted by molar-refractivity contribution is 5.78. The molecule has 0 amide bonds. The average Bonchev–Trinajstić information content (AvgIpc) is 3.65. The van der Waals surface area contributed by atoms with Gasteiger partial charge in [-0.25, -0.2) is 0 Å². The molecule has 0 aromatic heterocycles. The molecule has 9 nitrogen and oxygen atoms in total. The number of nitrogens with zero attached hydrogens (tertiary/aromatic N) is 1. The van der Waals surface area contributed by atoms with E-state index in [9.17, 15) is 14.7 Å². The number of aromatic hydroxyl groups is 1. The van der Waals surface area contributed by atoms with Gasteiger partial charge in [0.1, 0.15) is 29.1 Å². The number of phenols is 1. The van der Waals surface area contributed by atoms with Gasteiger partial charge >= 0.3 is 11.9 Å². The average molecular weight is 599 g/mol. The number of piperidine rings is 1. The fourth-order valence-corrected chi connectivity index (χ4v) is 8.44. The monoisotopic (exact) mass is 598 g/mol. The Balaban J connectivity index is 1.31. The number of hydrogen-bond acceptors (Lipinski definition) is 9. The van der Waals surface area contributed by atoms with Gasteiger partial charge in [-0.2, -0.15) is 0 Å². The maximum Gasteiger partial charge on any atom is 0.323 e. The molecule has 3 fully saturated rings. The van der Waals surface area contributed by atoms with E-state index in [1.807, 2.05) is 41.5 Å². The third kappa shape index (κ3) is 5.72. The van der Waals surface area contributed by atoms with E-state index in [0.717, 1.165) is 61.6 Å². The molecule has 238 valence electrons. The molecular weight excluding hydrogens is 548 g/mol. The minimum absolute atomic E-state index is 0.0980. The van der Waals surface area contributed by atoms with Crippen molar-refractivity contribution in [2.24, 2.45) is 11.8 Å². The van der Waals surface area contributed by atoms with Crippen molar-refractivity contribution in [1.29, 1.82) is 0 Å². The summed E-state index contributed by atoms with van der Waals surface area (Å²) in [6.45, 7) is 13.2. The van der Waals surface area contributed by atoms with Crippen LogP contribution in [0.5, 0.6) is 17.2 Å². The Morgan fingerprint density at radius 2 is 1.84 bits per heavy atom. The van der Waals surface area contributed by atoms with Crippen LogP contribution in [0.1, 0.15) is 97.6 Å². The van der Waals surface area contributed by atoms with E-state index >= 15 is 0 Å². The molecule has 2 N–H and O–H groups in total. The third-order valence-electron chi connectivity index (χ3n) is 10.1.